The molecule has 0 saturated carbocycles. The molecule has 4 aromatic carbocycles. The number of hydrogen-bond acceptors (Lipinski definition) is 4. The van der Waals surface area contributed by atoms with Crippen LogP contribution in [0.4, 0.5) is 5.69 Å². The van der Waals surface area contributed by atoms with Gasteiger partial charge in [0.05, 0.1) is 10.6 Å². The number of hydrogen-bond donors (Lipinski definition) is 1. The van der Waals surface area contributed by atoms with Gasteiger partial charge in [0.15, 0.2) is 0 Å². The maximum absolute atomic E-state index is 14.4. The summed E-state index contributed by atoms with van der Waals surface area (Å²) < 4.78 is 29.0. The molecule has 10 heteroatoms. The van der Waals surface area contributed by atoms with Crippen LogP contribution < -0.4 is 9.62 Å². The van der Waals surface area contributed by atoms with E-state index in [1.807, 2.05) is 67.6 Å². The number of anilines is 1. The van der Waals surface area contributed by atoms with E-state index >= 15 is 0 Å². The molecule has 0 bridgehead atoms. The summed E-state index contributed by atoms with van der Waals surface area (Å²) in [6, 6.07) is 30.0. The van der Waals surface area contributed by atoms with E-state index in [9.17, 15) is 18.0 Å². The molecule has 4 aromatic rings. The first-order valence-electron chi connectivity index (χ1n) is 13.9. The summed E-state index contributed by atoms with van der Waals surface area (Å²) in [5.41, 5.74) is 1.78. The lowest BCUT2D eigenvalue weighted by Gasteiger charge is -2.34. The summed E-state index contributed by atoms with van der Waals surface area (Å²) in [7, 11) is -4.24. The molecule has 0 aliphatic heterocycles. The van der Waals surface area contributed by atoms with Crippen LogP contribution in [0, 0.1) is 0 Å². The van der Waals surface area contributed by atoms with Gasteiger partial charge in [0.1, 0.15) is 12.6 Å². The first-order valence-corrected chi connectivity index (χ1v) is 16.1. The van der Waals surface area contributed by atoms with E-state index in [4.69, 9.17) is 23.2 Å². The molecule has 224 valence electrons. The van der Waals surface area contributed by atoms with Gasteiger partial charge in [0, 0.05) is 29.6 Å². The van der Waals surface area contributed by atoms with E-state index < -0.39 is 28.5 Å². The summed E-state index contributed by atoms with van der Waals surface area (Å²) in [5, 5.41) is 3.36. The van der Waals surface area contributed by atoms with Crippen molar-refractivity contribution < 1.29 is 18.0 Å². The Morgan fingerprint density at radius 3 is 1.88 bits per heavy atom. The van der Waals surface area contributed by atoms with Crippen molar-refractivity contribution >= 4 is 50.7 Å². The SMILES string of the molecule is CCCNC(=O)[C@@H](Cc1ccccc1)N(Cc1ccccc1)C(=O)CN(c1cc(Cl)cc(Cl)c1)S(=O)(=O)c1ccccc1. The highest BCUT2D eigenvalue weighted by atomic mass is 35.5. The second kappa shape index (κ2) is 15.0. The van der Waals surface area contributed by atoms with E-state index in [-0.39, 0.29) is 39.5 Å². The molecule has 0 aliphatic carbocycles. The van der Waals surface area contributed by atoms with Gasteiger partial charge in [0.25, 0.3) is 10.0 Å². The largest absolute Gasteiger partial charge is 0.354 e. The van der Waals surface area contributed by atoms with Crippen LogP contribution in [0.15, 0.2) is 114 Å². The molecule has 0 saturated heterocycles. The highest BCUT2D eigenvalue weighted by molar-refractivity contribution is 7.92. The van der Waals surface area contributed by atoms with Gasteiger partial charge in [-0.15, -0.1) is 0 Å². The number of carbonyl (C=O) groups is 2. The summed E-state index contributed by atoms with van der Waals surface area (Å²) in [4.78, 5) is 29.4. The van der Waals surface area contributed by atoms with E-state index in [1.165, 1.54) is 35.2 Å². The van der Waals surface area contributed by atoms with Crippen LogP contribution in [0.2, 0.25) is 10.0 Å². The quantitative estimate of drug-likeness (QED) is 0.185. The minimum Gasteiger partial charge on any atom is -0.354 e. The first kappa shape index (κ1) is 32.1. The number of carbonyl (C=O) groups excluding carboxylic acids is 2. The van der Waals surface area contributed by atoms with E-state index in [0.29, 0.717) is 6.54 Å². The molecule has 0 aromatic heterocycles. The van der Waals surface area contributed by atoms with Crippen molar-refractivity contribution in [3.63, 3.8) is 0 Å². The zero-order valence-electron chi connectivity index (χ0n) is 23.7. The zero-order chi connectivity index (χ0) is 30.8. The van der Waals surface area contributed by atoms with Crippen LogP contribution in [0.25, 0.3) is 0 Å². The Bertz CT molecular complexity index is 1600. The average molecular weight is 639 g/mol. The number of nitrogens with one attached hydrogen (secondary N) is 1. The van der Waals surface area contributed by atoms with Crippen molar-refractivity contribution in [3.05, 3.63) is 130 Å². The molecule has 0 spiro atoms. The monoisotopic (exact) mass is 637 g/mol. The Balaban J connectivity index is 1.80. The van der Waals surface area contributed by atoms with Crippen molar-refractivity contribution in [1.29, 1.82) is 0 Å². The topological polar surface area (TPSA) is 86.8 Å². The molecule has 0 radical (unpaired) electrons. The molecule has 7 nitrogen and oxygen atoms in total. The van der Waals surface area contributed by atoms with Crippen molar-refractivity contribution in [3.8, 4) is 0 Å². The lowest BCUT2D eigenvalue weighted by atomic mass is 10.0. The average Bonchev–Trinajstić information content (AvgIpc) is 3.01. The maximum Gasteiger partial charge on any atom is 0.264 e. The molecule has 1 N–H and O–H groups in total. The molecule has 0 unspecified atom stereocenters. The predicted octanol–water partition coefficient (Wildman–Crippen LogP) is 6.36. The van der Waals surface area contributed by atoms with Gasteiger partial charge in [0.2, 0.25) is 11.8 Å². The highest BCUT2D eigenvalue weighted by Gasteiger charge is 2.34. The van der Waals surface area contributed by atoms with E-state index in [1.54, 1.807) is 18.2 Å². The number of benzene rings is 4. The molecule has 0 aliphatic rings. The fourth-order valence-electron chi connectivity index (χ4n) is 4.63. The second-order valence-electron chi connectivity index (χ2n) is 9.96. The summed E-state index contributed by atoms with van der Waals surface area (Å²) >= 11 is 12.5. The highest BCUT2D eigenvalue weighted by Crippen LogP contribution is 2.30. The lowest BCUT2D eigenvalue weighted by Crippen LogP contribution is -2.53. The summed E-state index contributed by atoms with van der Waals surface area (Å²) in [6.45, 7) is 1.88. The fraction of sp³-hybridized carbons (Fsp3) is 0.212. The number of sulfonamides is 1. The zero-order valence-corrected chi connectivity index (χ0v) is 26.0. The first-order chi connectivity index (χ1) is 20.7. The van der Waals surface area contributed by atoms with Crippen LogP contribution in [0.1, 0.15) is 24.5 Å². The predicted molar refractivity (Wildman–Crippen MR) is 172 cm³/mol. The number of rotatable bonds is 13. The van der Waals surface area contributed by atoms with E-state index in [0.717, 1.165) is 21.9 Å². The summed E-state index contributed by atoms with van der Waals surface area (Å²) in [5.74, 6) is -0.884. The second-order valence-corrected chi connectivity index (χ2v) is 12.7. The Morgan fingerprint density at radius 1 is 0.791 bits per heavy atom. The molecule has 2 amide bonds. The van der Waals surface area contributed by atoms with Crippen LogP contribution >= 0.6 is 23.2 Å². The maximum atomic E-state index is 14.4. The molecule has 43 heavy (non-hydrogen) atoms. The Labute approximate surface area is 263 Å². The fourth-order valence-corrected chi connectivity index (χ4v) is 6.57. The van der Waals surface area contributed by atoms with Crippen LogP contribution in [-0.2, 0) is 32.6 Å². The van der Waals surface area contributed by atoms with Crippen LogP contribution in [-0.4, -0.2) is 44.3 Å². The third kappa shape index (κ3) is 8.60. The van der Waals surface area contributed by atoms with Gasteiger partial charge in [-0.1, -0.05) is 109 Å². The van der Waals surface area contributed by atoms with Crippen molar-refractivity contribution in [1.82, 2.24) is 10.2 Å². The lowest BCUT2D eigenvalue weighted by molar-refractivity contribution is -0.140. The minimum atomic E-state index is -4.24. The standard InChI is InChI=1S/C33H33Cl2N3O4S/c1-2-18-36-33(40)31(19-25-12-6-3-7-13-25)37(23-26-14-8-4-9-15-26)32(39)24-38(29-21-27(34)20-28(35)22-29)43(41,42)30-16-10-5-11-17-30/h3-17,20-22,31H,2,18-19,23-24H2,1H3,(H,36,40)/t31-/m1/s1. The van der Waals surface area contributed by atoms with Crippen LogP contribution in [0.3, 0.4) is 0 Å². The Kier molecular flexibility index (Phi) is 11.2. The minimum absolute atomic E-state index is 0.00460. The molecule has 4 rings (SSSR count). The third-order valence-electron chi connectivity index (χ3n) is 6.76. The van der Waals surface area contributed by atoms with Gasteiger partial charge < -0.3 is 10.2 Å². The van der Waals surface area contributed by atoms with Crippen LogP contribution in [0.5, 0.6) is 0 Å². The van der Waals surface area contributed by atoms with Gasteiger partial charge in [-0.05, 0) is 47.9 Å². The van der Waals surface area contributed by atoms with Gasteiger partial charge in [-0.2, -0.15) is 0 Å². The third-order valence-corrected chi connectivity index (χ3v) is 8.99. The molecule has 0 fully saturated rings. The molecule has 0 heterocycles. The molecular formula is C33H33Cl2N3O4S. The number of nitrogens with zero attached hydrogens (tertiary/aromatic N) is 2. The Morgan fingerprint density at radius 2 is 1.33 bits per heavy atom. The number of halogens is 2. The Hall–Kier alpha value is -3.85. The van der Waals surface area contributed by atoms with Gasteiger partial charge in [-0.3, -0.25) is 13.9 Å². The van der Waals surface area contributed by atoms with Crippen molar-refractivity contribution in [2.45, 2.75) is 37.2 Å². The number of amides is 2. The molecular weight excluding hydrogens is 605 g/mol. The smallest absolute Gasteiger partial charge is 0.264 e. The summed E-state index contributed by atoms with van der Waals surface area (Å²) in [6.07, 6.45) is 0.957. The molecule has 1 atom stereocenters. The van der Waals surface area contributed by atoms with Gasteiger partial charge in [-0.25, -0.2) is 8.42 Å². The van der Waals surface area contributed by atoms with Crippen molar-refractivity contribution in [2.24, 2.45) is 0 Å². The normalized spacial score (nSPS) is 11.9. The van der Waals surface area contributed by atoms with Gasteiger partial charge >= 0.3 is 0 Å². The van der Waals surface area contributed by atoms with E-state index in [2.05, 4.69) is 5.32 Å². The van der Waals surface area contributed by atoms with Crippen molar-refractivity contribution in [2.75, 3.05) is 17.4 Å².